The maximum atomic E-state index is 6.46. The molecule has 2 aromatic rings. The molecule has 1 aliphatic carbocycles. The molecule has 0 aliphatic heterocycles. The predicted octanol–water partition coefficient (Wildman–Crippen LogP) is 2.97. The van der Waals surface area contributed by atoms with Gasteiger partial charge in [-0.1, -0.05) is 42.8 Å². The number of hydrogen-bond acceptors (Lipinski definition) is 2. The van der Waals surface area contributed by atoms with Crippen LogP contribution in [0, 0.1) is 5.41 Å². The minimum atomic E-state index is 0.0702. The Hall–Kier alpha value is -1.38. The van der Waals surface area contributed by atoms with E-state index in [9.17, 15) is 0 Å². The molecule has 0 spiro atoms. The van der Waals surface area contributed by atoms with Crippen molar-refractivity contribution in [1.82, 2.24) is 0 Å². The predicted molar refractivity (Wildman–Crippen MR) is 76.2 cm³/mol. The molecule has 2 heteroatoms. The van der Waals surface area contributed by atoms with Gasteiger partial charge in [0.2, 0.25) is 0 Å². The van der Waals surface area contributed by atoms with Crippen LogP contribution in [-0.2, 0) is 0 Å². The number of hydrogen-bond donors (Lipinski definition) is 2. The van der Waals surface area contributed by atoms with Crippen LogP contribution in [0.15, 0.2) is 42.5 Å². The summed E-state index contributed by atoms with van der Waals surface area (Å²) in [6.45, 7) is 0.695. The van der Waals surface area contributed by atoms with Crippen molar-refractivity contribution in [2.75, 3.05) is 6.54 Å². The first-order chi connectivity index (χ1) is 8.75. The Bertz CT molecular complexity index is 552. The summed E-state index contributed by atoms with van der Waals surface area (Å²) in [5.74, 6) is 0. The van der Waals surface area contributed by atoms with Crippen LogP contribution in [0.5, 0.6) is 0 Å². The van der Waals surface area contributed by atoms with Crippen molar-refractivity contribution < 1.29 is 0 Å². The van der Waals surface area contributed by atoms with E-state index in [-0.39, 0.29) is 11.5 Å². The van der Waals surface area contributed by atoms with Crippen LogP contribution in [0.25, 0.3) is 10.8 Å². The van der Waals surface area contributed by atoms with Crippen LogP contribution >= 0.6 is 0 Å². The molecule has 1 atom stereocenters. The Morgan fingerprint density at radius 2 is 1.78 bits per heavy atom. The molecule has 2 nitrogen and oxygen atoms in total. The molecule has 1 fully saturated rings. The lowest BCUT2D eigenvalue weighted by atomic mass is 9.62. The summed E-state index contributed by atoms with van der Waals surface area (Å²) in [5.41, 5.74) is 13.8. The molecule has 4 N–H and O–H groups in total. The number of fused-ring (bicyclic) bond motifs is 1. The van der Waals surface area contributed by atoms with Gasteiger partial charge in [-0.3, -0.25) is 0 Å². The molecule has 1 unspecified atom stereocenters. The van der Waals surface area contributed by atoms with Crippen LogP contribution in [-0.4, -0.2) is 6.54 Å². The molecular formula is C16H20N2. The fourth-order valence-electron chi connectivity index (χ4n) is 3.03. The molecule has 94 valence electrons. The highest BCUT2D eigenvalue weighted by Crippen LogP contribution is 2.48. The van der Waals surface area contributed by atoms with Crippen LogP contribution in [0.4, 0.5) is 0 Å². The zero-order chi connectivity index (χ0) is 12.6. The second-order valence-electron chi connectivity index (χ2n) is 5.50. The van der Waals surface area contributed by atoms with Gasteiger partial charge in [-0.25, -0.2) is 0 Å². The van der Waals surface area contributed by atoms with Gasteiger partial charge in [0, 0.05) is 11.5 Å². The van der Waals surface area contributed by atoms with Crippen molar-refractivity contribution in [3.63, 3.8) is 0 Å². The summed E-state index contributed by atoms with van der Waals surface area (Å²) in [4.78, 5) is 0. The van der Waals surface area contributed by atoms with Gasteiger partial charge in [0.15, 0.2) is 0 Å². The standard InChI is InChI=1S/C16H20N2/c17-11-16(8-3-9-16)15(18)14-7-6-12-4-1-2-5-13(12)10-14/h1-2,4-7,10,15H,3,8-9,11,17-18H2. The summed E-state index contributed by atoms with van der Waals surface area (Å²) in [6, 6.07) is 15.0. The largest absolute Gasteiger partial charge is 0.330 e. The highest BCUT2D eigenvalue weighted by atomic mass is 14.8. The molecule has 18 heavy (non-hydrogen) atoms. The lowest BCUT2D eigenvalue weighted by Gasteiger charge is -2.45. The Balaban J connectivity index is 1.98. The normalized spacial score (nSPS) is 19.4. The smallest absolute Gasteiger partial charge is 0.0364 e. The van der Waals surface area contributed by atoms with Crippen molar-refractivity contribution >= 4 is 10.8 Å². The molecule has 2 aromatic carbocycles. The minimum absolute atomic E-state index is 0.0702. The lowest BCUT2D eigenvalue weighted by Crippen LogP contribution is -2.46. The van der Waals surface area contributed by atoms with Crippen LogP contribution in [0.3, 0.4) is 0 Å². The Labute approximate surface area is 108 Å². The second kappa shape index (κ2) is 4.38. The molecule has 3 rings (SSSR count). The van der Waals surface area contributed by atoms with E-state index in [2.05, 4.69) is 42.5 Å². The molecule has 1 aliphatic rings. The summed E-state index contributed by atoms with van der Waals surface area (Å²) in [5, 5.41) is 2.53. The molecule has 0 bridgehead atoms. The molecule has 0 heterocycles. The maximum absolute atomic E-state index is 6.46. The van der Waals surface area contributed by atoms with Crippen molar-refractivity contribution in [2.45, 2.75) is 25.3 Å². The van der Waals surface area contributed by atoms with E-state index in [0.29, 0.717) is 6.54 Å². The maximum Gasteiger partial charge on any atom is 0.0364 e. The summed E-state index contributed by atoms with van der Waals surface area (Å²) in [6.07, 6.45) is 3.59. The molecular weight excluding hydrogens is 220 g/mol. The number of rotatable bonds is 3. The Morgan fingerprint density at radius 3 is 2.39 bits per heavy atom. The summed E-state index contributed by atoms with van der Waals surface area (Å²) >= 11 is 0. The van der Waals surface area contributed by atoms with Gasteiger partial charge in [0.05, 0.1) is 0 Å². The zero-order valence-corrected chi connectivity index (χ0v) is 10.6. The SMILES string of the molecule is NCC1(C(N)c2ccc3ccccc3c2)CCC1. The molecule has 0 saturated heterocycles. The highest BCUT2D eigenvalue weighted by Gasteiger charge is 2.41. The quantitative estimate of drug-likeness (QED) is 0.866. The molecule has 0 amide bonds. The first kappa shape index (κ1) is 11.7. The fourth-order valence-corrected chi connectivity index (χ4v) is 3.03. The van der Waals surface area contributed by atoms with E-state index in [1.807, 2.05) is 0 Å². The summed E-state index contributed by atoms with van der Waals surface area (Å²) in [7, 11) is 0. The van der Waals surface area contributed by atoms with Gasteiger partial charge in [-0.2, -0.15) is 0 Å². The van der Waals surface area contributed by atoms with E-state index in [4.69, 9.17) is 11.5 Å². The molecule has 0 radical (unpaired) electrons. The van der Waals surface area contributed by atoms with Crippen molar-refractivity contribution in [3.8, 4) is 0 Å². The van der Waals surface area contributed by atoms with E-state index in [1.165, 1.54) is 22.8 Å². The fraction of sp³-hybridized carbons (Fsp3) is 0.375. The van der Waals surface area contributed by atoms with Gasteiger partial charge in [0.25, 0.3) is 0 Å². The van der Waals surface area contributed by atoms with E-state index >= 15 is 0 Å². The van der Waals surface area contributed by atoms with Gasteiger partial charge in [-0.05, 0) is 41.8 Å². The monoisotopic (exact) mass is 240 g/mol. The molecule has 1 saturated carbocycles. The average Bonchev–Trinajstić information content (AvgIpc) is 2.37. The Kier molecular flexibility index (Phi) is 2.84. The average molecular weight is 240 g/mol. The van der Waals surface area contributed by atoms with Crippen LogP contribution in [0.2, 0.25) is 0 Å². The first-order valence-electron chi connectivity index (χ1n) is 6.69. The highest BCUT2D eigenvalue weighted by molar-refractivity contribution is 5.83. The minimum Gasteiger partial charge on any atom is -0.330 e. The molecule has 0 aromatic heterocycles. The van der Waals surface area contributed by atoms with Gasteiger partial charge in [0.1, 0.15) is 0 Å². The van der Waals surface area contributed by atoms with E-state index in [0.717, 1.165) is 12.8 Å². The van der Waals surface area contributed by atoms with E-state index in [1.54, 1.807) is 0 Å². The first-order valence-corrected chi connectivity index (χ1v) is 6.69. The van der Waals surface area contributed by atoms with E-state index < -0.39 is 0 Å². The van der Waals surface area contributed by atoms with Gasteiger partial charge in [-0.15, -0.1) is 0 Å². The Morgan fingerprint density at radius 1 is 1.06 bits per heavy atom. The summed E-state index contributed by atoms with van der Waals surface area (Å²) < 4.78 is 0. The van der Waals surface area contributed by atoms with Crippen LogP contribution in [0.1, 0.15) is 30.9 Å². The third-order valence-corrected chi connectivity index (χ3v) is 4.55. The number of nitrogens with two attached hydrogens (primary N) is 2. The second-order valence-corrected chi connectivity index (χ2v) is 5.50. The van der Waals surface area contributed by atoms with Crippen LogP contribution < -0.4 is 11.5 Å². The van der Waals surface area contributed by atoms with Crippen molar-refractivity contribution in [1.29, 1.82) is 0 Å². The third-order valence-electron chi connectivity index (χ3n) is 4.55. The van der Waals surface area contributed by atoms with Gasteiger partial charge < -0.3 is 11.5 Å². The zero-order valence-electron chi connectivity index (χ0n) is 10.6. The third kappa shape index (κ3) is 1.73. The topological polar surface area (TPSA) is 52.0 Å². The number of benzene rings is 2. The van der Waals surface area contributed by atoms with Crippen molar-refractivity contribution in [3.05, 3.63) is 48.0 Å². The lowest BCUT2D eigenvalue weighted by molar-refractivity contribution is 0.105. The van der Waals surface area contributed by atoms with Crippen molar-refractivity contribution in [2.24, 2.45) is 16.9 Å². The van der Waals surface area contributed by atoms with Gasteiger partial charge >= 0.3 is 0 Å².